The van der Waals surface area contributed by atoms with Crippen molar-refractivity contribution in [3.05, 3.63) is 41.3 Å². The summed E-state index contributed by atoms with van der Waals surface area (Å²) in [7, 11) is 4.92. The summed E-state index contributed by atoms with van der Waals surface area (Å²) in [6.07, 6.45) is 0. The topological polar surface area (TPSA) is 65.5 Å². The van der Waals surface area contributed by atoms with E-state index in [2.05, 4.69) is 16.4 Å². The molecule has 0 atom stereocenters. The second-order valence-corrected chi connectivity index (χ2v) is 7.93. The molecule has 2 aromatic heterocycles. The highest BCUT2D eigenvalue weighted by molar-refractivity contribution is 7.22. The van der Waals surface area contributed by atoms with Crippen LogP contribution in [0.15, 0.2) is 35.7 Å². The van der Waals surface area contributed by atoms with Crippen LogP contribution in [0, 0.1) is 6.92 Å². The minimum Gasteiger partial charge on any atom is -0.496 e. The van der Waals surface area contributed by atoms with Crippen LogP contribution >= 0.6 is 22.7 Å². The normalized spacial score (nSPS) is 10.9. The SMILES string of the molecule is COc1ccc(-c2csc(Nc3nc4cc(OC)c(OC)cc4s3)n2)cc1C. The van der Waals surface area contributed by atoms with Crippen molar-refractivity contribution in [3.8, 4) is 28.5 Å². The van der Waals surface area contributed by atoms with Crippen LogP contribution in [0.5, 0.6) is 17.2 Å². The molecule has 2 heterocycles. The second kappa shape index (κ2) is 7.65. The van der Waals surface area contributed by atoms with Crippen LogP contribution in [-0.4, -0.2) is 31.3 Å². The molecule has 4 rings (SSSR count). The number of hydrogen-bond donors (Lipinski definition) is 1. The Morgan fingerprint density at radius 3 is 2.32 bits per heavy atom. The number of fused-ring (bicyclic) bond motifs is 1. The van der Waals surface area contributed by atoms with Crippen molar-refractivity contribution in [1.29, 1.82) is 0 Å². The molecule has 4 aromatic rings. The predicted molar refractivity (Wildman–Crippen MR) is 115 cm³/mol. The highest BCUT2D eigenvalue weighted by atomic mass is 32.1. The summed E-state index contributed by atoms with van der Waals surface area (Å²) < 4.78 is 17.1. The number of aromatic nitrogens is 2. The zero-order chi connectivity index (χ0) is 19.7. The molecule has 0 aliphatic heterocycles. The Morgan fingerprint density at radius 1 is 0.857 bits per heavy atom. The Balaban J connectivity index is 1.59. The first kappa shape index (κ1) is 18.5. The lowest BCUT2D eigenvalue weighted by Gasteiger charge is -2.05. The molecule has 0 spiro atoms. The number of ether oxygens (including phenoxy) is 3. The van der Waals surface area contributed by atoms with Crippen LogP contribution in [0.1, 0.15) is 5.56 Å². The van der Waals surface area contributed by atoms with Gasteiger partial charge in [-0.25, -0.2) is 9.97 Å². The number of anilines is 2. The molecule has 0 fully saturated rings. The standard InChI is InChI=1S/C20H19N3O3S2/c1-11-7-12(5-6-15(11)24-2)14-10-27-19(22-14)23-20-21-13-8-16(25-3)17(26-4)9-18(13)28-20/h5-10H,1-4H3,(H,21,22,23). The van der Waals surface area contributed by atoms with Gasteiger partial charge in [-0.05, 0) is 30.7 Å². The summed E-state index contributed by atoms with van der Waals surface area (Å²) in [4.78, 5) is 9.33. The van der Waals surface area contributed by atoms with E-state index >= 15 is 0 Å². The minimum absolute atomic E-state index is 0.665. The van der Waals surface area contributed by atoms with E-state index in [0.717, 1.165) is 43.1 Å². The Morgan fingerprint density at radius 2 is 1.61 bits per heavy atom. The van der Waals surface area contributed by atoms with E-state index in [-0.39, 0.29) is 0 Å². The summed E-state index contributed by atoms with van der Waals surface area (Å²) in [5, 5.41) is 6.90. The van der Waals surface area contributed by atoms with Gasteiger partial charge in [0.25, 0.3) is 0 Å². The maximum absolute atomic E-state index is 5.36. The molecule has 8 heteroatoms. The summed E-state index contributed by atoms with van der Waals surface area (Å²) in [6.45, 7) is 2.03. The van der Waals surface area contributed by atoms with Crippen LogP contribution in [0.3, 0.4) is 0 Å². The molecule has 0 aliphatic carbocycles. The van der Waals surface area contributed by atoms with Crippen LogP contribution in [0.25, 0.3) is 21.5 Å². The van der Waals surface area contributed by atoms with Crippen molar-refractivity contribution in [1.82, 2.24) is 9.97 Å². The van der Waals surface area contributed by atoms with Gasteiger partial charge in [-0.3, -0.25) is 0 Å². The second-order valence-electron chi connectivity index (χ2n) is 6.04. The van der Waals surface area contributed by atoms with E-state index in [4.69, 9.17) is 19.2 Å². The van der Waals surface area contributed by atoms with Crippen molar-refractivity contribution < 1.29 is 14.2 Å². The Hall–Kier alpha value is -2.84. The molecular weight excluding hydrogens is 394 g/mol. The van der Waals surface area contributed by atoms with Crippen molar-refractivity contribution >= 4 is 43.2 Å². The zero-order valence-electron chi connectivity index (χ0n) is 15.9. The molecule has 0 amide bonds. The van der Waals surface area contributed by atoms with Crippen LogP contribution in [0.4, 0.5) is 10.3 Å². The van der Waals surface area contributed by atoms with E-state index in [0.29, 0.717) is 11.5 Å². The van der Waals surface area contributed by atoms with E-state index in [1.165, 1.54) is 0 Å². The van der Waals surface area contributed by atoms with Crippen LogP contribution < -0.4 is 19.5 Å². The molecule has 0 saturated heterocycles. The number of aryl methyl sites for hydroxylation is 1. The molecule has 0 saturated carbocycles. The Kier molecular flexibility index (Phi) is 5.06. The van der Waals surface area contributed by atoms with Gasteiger partial charge in [-0.15, -0.1) is 11.3 Å². The van der Waals surface area contributed by atoms with Crippen molar-refractivity contribution in [3.63, 3.8) is 0 Å². The minimum atomic E-state index is 0.665. The fraction of sp³-hybridized carbons (Fsp3) is 0.200. The third-order valence-electron chi connectivity index (χ3n) is 4.30. The predicted octanol–water partition coefficient (Wildman–Crippen LogP) is 5.50. The van der Waals surface area contributed by atoms with Crippen molar-refractivity contribution in [2.45, 2.75) is 6.92 Å². The highest BCUT2D eigenvalue weighted by Crippen LogP contribution is 2.37. The lowest BCUT2D eigenvalue weighted by Crippen LogP contribution is -1.90. The van der Waals surface area contributed by atoms with Crippen molar-refractivity contribution in [2.24, 2.45) is 0 Å². The first-order valence-electron chi connectivity index (χ1n) is 8.51. The number of thiazole rings is 2. The summed E-state index contributed by atoms with van der Waals surface area (Å²) in [5.41, 5.74) is 3.91. The fourth-order valence-corrected chi connectivity index (χ4v) is 4.56. The van der Waals surface area contributed by atoms with Crippen LogP contribution in [0.2, 0.25) is 0 Å². The van der Waals surface area contributed by atoms with E-state index in [1.54, 1.807) is 44.0 Å². The number of rotatable bonds is 6. The third-order valence-corrected chi connectivity index (χ3v) is 5.99. The van der Waals surface area contributed by atoms with E-state index in [9.17, 15) is 0 Å². The van der Waals surface area contributed by atoms with E-state index in [1.807, 2.05) is 36.6 Å². The van der Waals surface area contributed by atoms with Gasteiger partial charge in [0.05, 0.1) is 37.2 Å². The van der Waals surface area contributed by atoms with Gasteiger partial charge >= 0.3 is 0 Å². The van der Waals surface area contributed by atoms with Gasteiger partial charge in [0, 0.05) is 23.1 Å². The maximum atomic E-state index is 5.36. The molecule has 0 unspecified atom stereocenters. The molecule has 1 N–H and O–H groups in total. The molecule has 0 aliphatic rings. The van der Waals surface area contributed by atoms with Gasteiger partial charge in [-0.1, -0.05) is 11.3 Å². The number of methoxy groups -OCH3 is 3. The first-order valence-corrected chi connectivity index (χ1v) is 10.2. The molecule has 2 aromatic carbocycles. The fourth-order valence-electron chi connectivity index (χ4n) is 2.90. The quantitative estimate of drug-likeness (QED) is 0.450. The zero-order valence-corrected chi connectivity index (χ0v) is 17.5. The van der Waals surface area contributed by atoms with Gasteiger partial charge in [0.2, 0.25) is 0 Å². The maximum Gasteiger partial charge on any atom is 0.190 e. The summed E-state index contributed by atoms with van der Waals surface area (Å²) in [5.74, 6) is 2.23. The molecular formula is C20H19N3O3S2. The number of nitrogens with one attached hydrogen (secondary N) is 1. The summed E-state index contributed by atoms with van der Waals surface area (Å²) >= 11 is 3.09. The average Bonchev–Trinajstić information content (AvgIpc) is 3.32. The molecule has 144 valence electrons. The van der Waals surface area contributed by atoms with Gasteiger partial charge in [0.15, 0.2) is 21.8 Å². The van der Waals surface area contributed by atoms with E-state index < -0.39 is 0 Å². The van der Waals surface area contributed by atoms with Gasteiger partial charge in [-0.2, -0.15) is 0 Å². The smallest absolute Gasteiger partial charge is 0.190 e. The first-order chi connectivity index (χ1) is 13.6. The van der Waals surface area contributed by atoms with Crippen LogP contribution in [-0.2, 0) is 0 Å². The third kappa shape index (κ3) is 3.48. The highest BCUT2D eigenvalue weighted by Gasteiger charge is 2.12. The molecule has 0 radical (unpaired) electrons. The lowest BCUT2D eigenvalue weighted by molar-refractivity contribution is 0.356. The average molecular weight is 414 g/mol. The molecule has 6 nitrogen and oxygen atoms in total. The van der Waals surface area contributed by atoms with Gasteiger partial charge < -0.3 is 19.5 Å². The van der Waals surface area contributed by atoms with Gasteiger partial charge in [0.1, 0.15) is 5.75 Å². The summed E-state index contributed by atoms with van der Waals surface area (Å²) in [6, 6.07) is 9.87. The van der Waals surface area contributed by atoms with Crippen molar-refractivity contribution in [2.75, 3.05) is 26.6 Å². The largest absolute Gasteiger partial charge is 0.496 e. The molecule has 28 heavy (non-hydrogen) atoms. The number of nitrogens with zero attached hydrogens (tertiary/aromatic N) is 2. The number of benzene rings is 2. The molecule has 0 bridgehead atoms. The number of hydrogen-bond acceptors (Lipinski definition) is 8. The Bertz CT molecular complexity index is 1100. The monoisotopic (exact) mass is 413 g/mol. The lowest BCUT2D eigenvalue weighted by atomic mass is 10.1. The Labute approximate surface area is 170 Å².